The molecule has 1 heterocycles. The number of halogens is 5. The highest BCUT2D eigenvalue weighted by molar-refractivity contribution is 5.32. The van der Waals surface area contributed by atoms with Gasteiger partial charge < -0.3 is 5.73 Å². The Kier molecular flexibility index (Phi) is 2.30. The molecule has 96 valence electrons. The van der Waals surface area contributed by atoms with Gasteiger partial charge in [0.25, 0.3) is 5.92 Å². The highest BCUT2D eigenvalue weighted by Gasteiger charge is 2.58. The molecule has 0 radical (unpaired) electrons. The molecule has 2 N–H and O–H groups in total. The van der Waals surface area contributed by atoms with E-state index < -0.39 is 36.2 Å². The van der Waals surface area contributed by atoms with E-state index >= 15 is 0 Å². The van der Waals surface area contributed by atoms with Crippen LogP contribution in [0, 0.1) is 0 Å². The molecule has 0 saturated heterocycles. The van der Waals surface area contributed by atoms with Crippen LogP contribution in [0.3, 0.4) is 0 Å². The normalized spacial score (nSPS) is 22.3. The van der Waals surface area contributed by atoms with Gasteiger partial charge in [0.1, 0.15) is 0 Å². The Morgan fingerprint density at radius 2 is 1.88 bits per heavy atom. The summed E-state index contributed by atoms with van der Waals surface area (Å²) < 4.78 is 64.3. The van der Waals surface area contributed by atoms with Gasteiger partial charge in [-0.3, -0.25) is 4.68 Å². The molecular formula is C9H10F5N3. The SMILES string of the molecule is Cn1cc(C2(N)CC(F)(F)C2)c(C(F)(F)F)n1. The third kappa shape index (κ3) is 2.01. The molecule has 0 unspecified atom stereocenters. The summed E-state index contributed by atoms with van der Waals surface area (Å²) in [4.78, 5) is 0. The van der Waals surface area contributed by atoms with Gasteiger partial charge in [-0.25, -0.2) is 8.78 Å². The molecule has 0 aromatic carbocycles. The zero-order chi connectivity index (χ0) is 13.1. The second kappa shape index (κ2) is 3.18. The Morgan fingerprint density at radius 1 is 1.35 bits per heavy atom. The number of aryl methyl sites for hydroxylation is 1. The van der Waals surface area contributed by atoms with E-state index in [1.165, 1.54) is 7.05 Å². The number of nitrogens with zero attached hydrogens (tertiary/aromatic N) is 2. The number of rotatable bonds is 1. The Morgan fingerprint density at radius 3 is 2.29 bits per heavy atom. The predicted molar refractivity (Wildman–Crippen MR) is 48.3 cm³/mol. The maximum Gasteiger partial charge on any atom is 0.435 e. The highest BCUT2D eigenvalue weighted by atomic mass is 19.4. The fourth-order valence-corrected chi connectivity index (χ4v) is 2.12. The lowest BCUT2D eigenvalue weighted by Crippen LogP contribution is -2.56. The van der Waals surface area contributed by atoms with Crippen molar-refractivity contribution in [3.63, 3.8) is 0 Å². The van der Waals surface area contributed by atoms with Crippen molar-refractivity contribution in [3.05, 3.63) is 17.5 Å². The quantitative estimate of drug-likeness (QED) is 0.780. The third-order valence-corrected chi connectivity index (χ3v) is 2.78. The van der Waals surface area contributed by atoms with Crippen molar-refractivity contribution >= 4 is 0 Å². The first-order valence-electron chi connectivity index (χ1n) is 4.82. The van der Waals surface area contributed by atoms with E-state index in [1.807, 2.05) is 0 Å². The molecule has 0 spiro atoms. The third-order valence-electron chi connectivity index (χ3n) is 2.78. The predicted octanol–water partition coefficient (Wildman–Crippen LogP) is 2.02. The van der Waals surface area contributed by atoms with Crippen molar-refractivity contribution in [2.45, 2.75) is 30.5 Å². The molecule has 17 heavy (non-hydrogen) atoms. The smallest absolute Gasteiger partial charge is 0.321 e. The van der Waals surface area contributed by atoms with E-state index in [0.717, 1.165) is 10.9 Å². The molecule has 1 aromatic heterocycles. The summed E-state index contributed by atoms with van der Waals surface area (Å²) in [6.07, 6.45) is -5.20. The second-order valence-corrected chi connectivity index (χ2v) is 4.43. The van der Waals surface area contributed by atoms with Crippen LogP contribution >= 0.6 is 0 Å². The molecule has 8 heteroatoms. The minimum atomic E-state index is -4.69. The minimum absolute atomic E-state index is 0.363. The molecule has 1 aliphatic carbocycles. The number of alkyl halides is 5. The molecule has 0 atom stereocenters. The lowest BCUT2D eigenvalue weighted by molar-refractivity contribution is -0.150. The van der Waals surface area contributed by atoms with Crippen molar-refractivity contribution in [1.82, 2.24) is 9.78 Å². The lowest BCUT2D eigenvalue weighted by atomic mass is 9.70. The van der Waals surface area contributed by atoms with Crippen LogP contribution in [-0.2, 0) is 18.8 Å². The molecule has 1 saturated carbocycles. The minimum Gasteiger partial charge on any atom is -0.321 e. The summed E-state index contributed by atoms with van der Waals surface area (Å²) in [7, 11) is 1.29. The van der Waals surface area contributed by atoms with Crippen molar-refractivity contribution in [2.24, 2.45) is 12.8 Å². The first-order valence-corrected chi connectivity index (χ1v) is 4.82. The van der Waals surface area contributed by atoms with Crippen molar-refractivity contribution in [3.8, 4) is 0 Å². The summed E-state index contributed by atoms with van der Waals surface area (Å²) in [6.45, 7) is 0. The van der Waals surface area contributed by atoms with Crippen LogP contribution in [0.1, 0.15) is 24.1 Å². The van der Waals surface area contributed by atoms with E-state index in [9.17, 15) is 22.0 Å². The van der Waals surface area contributed by atoms with Gasteiger partial charge in [-0.15, -0.1) is 0 Å². The maximum absolute atomic E-state index is 12.8. The molecule has 1 fully saturated rings. The number of aromatic nitrogens is 2. The van der Waals surface area contributed by atoms with Gasteiger partial charge in [0.05, 0.1) is 5.54 Å². The van der Waals surface area contributed by atoms with E-state index in [4.69, 9.17) is 5.73 Å². The molecule has 0 bridgehead atoms. The van der Waals surface area contributed by atoms with Crippen LogP contribution in [0.15, 0.2) is 6.20 Å². The molecule has 1 aliphatic rings. The Hall–Kier alpha value is -1.18. The molecular weight excluding hydrogens is 245 g/mol. The van der Waals surface area contributed by atoms with Crippen LogP contribution < -0.4 is 5.73 Å². The van der Waals surface area contributed by atoms with E-state index in [1.54, 1.807) is 0 Å². The van der Waals surface area contributed by atoms with Gasteiger partial charge >= 0.3 is 6.18 Å². The second-order valence-electron chi connectivity index (χ2n) is 4.43. The average molecular weight is 255 g/mol. The van der Waals surface area contributed by atoms with Gasteiger partial charge in [0, 0.05) is 31.6 Å². The lowest BCUT2D eigenvalue weighted by Gasteiger charge is -2.44. The largest absolute Gasteiger partial charge is 0.435 e. The first-order chi connectivity index (χ1) is 7.54. The summed E-state index contributed by atoms with van der Waals surface area (Å²) in [5.41, 5.74) is 2.40. The first kappa shape index (κ1) is 12.3. The molecule has 2 rings (SSSR count). The fourth-order valence-electron chi connectivity index (χ4n) is 2.12. The van der Waals surface area contributed by atoms with Crippen LogP contribution in [-0.4, -0.2) is 15.7 Å². The van der Waals surface area contributed by atoms with Crippen LogP contribution in [0.4, 0.5) is 22.0 Å². The van der Waals surface area contributed by atoms with Crippen LogP contribution in [0.5, 0.6) is 0 Å². The van der Waals surface area contributed by atoms with E-state index in [-0.39, 0.29) is 5.56 Å². The van der Waals surface area contributed by atoms with E-state index in [2.05, 4.69) is 5.10 Å². The van der Waals surface area contributed by atoms with Gasteiger partial charge in [0.2, 0.25) is 0 Å². The summed E-state index contributed by atoms with van der Waals surface area (Å²) in [6, 6.07) is 0. The standard InChI is InChI=1S/C9H10F5N3/c1-17-2-5(6(16-17)9(12,13)14)7(15)3-8(10,11)4-7/h2H,3-4,15H2,1H3. The number of nitrogens with two attached hydrogens (primary N) is 1. The Balaban J connectivity index is 2.40. The number of hydrogen-bond acceptors (Lipinski definition) is 2. The van der Waals surface area contributed by atoms with Gasteiger partial charge in [0.15, 0.2) is 5.69 Å². The molecule has 0 aliphatic heterocycles. The monoisotopic (exact) mass is 255 g/mol. The Bertz CT molecular complexity index is 440. The summed E-state index contributed by atoms with van der Waals surface area (Å²) in [5, 5.41) is 3.24. The van der Waals surface area contributed by atoms with Crippen molar-refractivity contribution in [2.75, 3.05) is 0 Å². The molecule has 0 amide bonds. The average Bonchev–Trinajstić information content (AvgIpc) is 2.42. The molecule has 1 aromatic rings. The summed E-state index contributed by atoms with van der Waals surface area (Å²) in [5.74, 6) is -2.99. The zero-order valence-corrected chi connectivity index (χ0v) is 8.85. The Labute approximate surface area is 93.4 Å². The van der Waals surface area contributed by atoms with Crippen LogP contribution in [0.25, 0.3) is 0 Å². The van der Waals surface area contributed by atoms with Crippen molar-refractivity contribution < 1.29 is 22.0 Å². The summed E-state index contributed by atoms with van der Waals surface area (Å²) >= 11 is 0. The van der Waals surface area contributed by atoms with Gasteiger partial charge in [-0.05, 0) is 0 Å². The zero-order valence-electron chi connectivity index (χ0n) is 8.85. The van der Waals surface area contributed by atoms with E-state index in [0.29, 0.717) is 0 Å². The van der Waals surface area contributed by atoms with Crippen molar-refractivity contribution in [1.29, 1.82) is 0 Å². The maximum atomic E-state index is 12.8. The fraction of sp³-hybridized carbons (Fsp3) is 0.667. The highest BCUT2D eigenvalue weighted by Crippen LogP contribution is 2.52. The number of hydrogen-bond donors (Lipinski definition) is 1. The topological polar surface area (TPSA) is 43.8 Å². The van der Waals surface area contributed by atoms with Gasteiger partial charge in [-0.2, -0.15) is 18.3 Å². The van der Waals surface area contributed by atoms with Crippen LogP contribution in [0.2, 0.25) is 0 Å². The molecule has 3 nitrogen and oxygen atoms in total. The van der Waals surface area contributed by atoms with Gasteiger partial charge in [-0.1, -0.05) is 0 Å².